The Balaban J connectivity index is 1.94. The van der Waals surface area contributed by atoms with Gasteiger partial charge in [0.1, 0.15) is 5.78 Å². The molecule has 152 valence electrons. The maximum Gasteiger partial charge on any atom is 0.339 e. The van der Waals surface area contributed by atoms with E-state index < -0.39 is 12.6 Å². The van der Waals surface area contributed by atoms with Gasteiger partial charge in [0.15, 0.2) is 12.4 Å². The number of carbonyl (C=O) groups excluding carboxylic acids is 4. The van der Waals surface area contributed by atoms with Gasteiger partial charge in [0.2, 0.25) is 5.91 Å². The summed E-state index contributed by atoms with van der Waals surface area (Å²) in [6, 6.07) is 13.2. The number of Topliss-reactive ketones (excluding diaryl/α,β-unsaturated/α-hetero) is 2. The summed E-state index contributed by atoms with van der Waals surface area (Å²) in [6.07, 6.45) is 1.19. The van der Waals surface area contributed by atoms with E-state index in [0.29, 0.717) is 28.1 Å². The highest BCUT2D eigenvalue weighted by atomic mass is 32.2. The number of esters is 1. The number of carbonyl (C=O) groups is 4. The van der Waals surface area contributed by atoms with Crippen LogP contribution in [0.15, 0.2) is 53.4 Å². The minimum atomic E-state index is -0.617. The molecule has 0 aliphatic rings. The van der Waals surface area contributed by atoms with E-state index in [9.17, 15) is 19.2 Å². The molecule has 1 N–H and O–H groups in total. The standard InChI is InChI=1S/C22H23NO5S/c1-3-6-21(26)23-17-11-9-16(10-12-17)19(25)13-28-22(27)18-7-4-5-8-20(18)29-14-15(2)24/h4-5,7-12H,3,6,13-14H2,1-2H3,(H,23,26). The monoisotopic (exact) mass is 413 g/mol. The summed E-state index contributed by atoms with van der Waals surface area (Å²) < 4.78 is 5.16. The van der Waals surface area contributed by atoms with Gasteiger partial charge in [0.05, 0.1) is 11.3 Å². The lowest BCUT2D eigenvalue weighted by Crippen LogP contribution is -2.15. The van der Waals surface area contributed by atoms with Crippen LogP contribution in [0.5, 0.6) is 0 Å². The fourth-order valence-corrected chi connectivity index (χ4v) is 3.26. The Morgan fingerprint density at radius 1 is 1.00 bits per heavy atom. The highest BCUT2D eigenvalue weighted by Gasteiger charge is 2.16. The molecule has 0 bridgehead atoms. The first-order chi connectivity index (χ1) is 13.9. The SMILES string of the molecule is CCCC(=O)Nc1ccc(C(=O)COC(=O)c2ccccc2SCC(C)=O)cc1. The van der Waals surface area contributed by atoms with Gasteiger partial charge in [-0.3, -0.25) is 14.4 Å². The van der Waals surface area contributed by atoms with Crippen molar-refractivity contribution in [1.82, 2.24) is 0 Å². The van der Waals surface area contributed by atoms with E-state index >= 15 is 0 Å². The molecule has 0 saturated carbocycles. The van der Waals surface area contributed by atoms with Gasteiger partial charge < -0.3 is 10.1 Å². The average molecular weight is 413 g/mol. The van der Waals surface area contributed by atoms with Gasteiger partial charge in [0.25, 0.3) is 0 Å². The lowest BCUT2D eigenvalue weighted by atomic mass is 10.1. The first-order valence-electron chi connectivity index (χ1n) is 9.22. The van der Waals surface area contributed by atoms with Crippen LogP contribution in [0.3, 0.4) is 0 Å². The summed E-state index contributed by atoms with van der Waals surface area (Å²) in [7, 11) is 0. The number of nitrogens with one attached hydrogen (secondary N) is 1. The molecule has 0 aliphatic heterocycles. The summed E-state index contributed by atoms with van der Waals surface area (Å²) >= 11 is 1.25. The van der Waals surface area contributed by atoms with Gasteiger partial charge in [-0.15, -0.1) is 11.8 Å². The molecule has 0 radical (unpaired) electrons. The van der Waals surface area contributed by atoms with Crippen LogP contribution in [0.1, 0.15) is 47.4 Å². The second kappa shape index (κ2) is 11.2. The van der Waals surface area contributed by atoms with E-state index in [1.165, 1.54) is 18.7 Å². The number of anilines is 1. The van der Waals surface area contributed by atoms with Crippen molar-refractivity contribution < 1.29 is 23.9 Å². The smallest absolute Gasteiger partial charge is 0.339 e. The third-order valence-electron chi connectivity index (χ3n) is 3.84. The van der Waals surface area contributed by atoms with Crippen LogP contribution in [0, 0.1) is 0 Å². The van der Waals surface area contributed by atoms with Crippen molar-refractivity contribution in [2.24, 2.45) is 0 Å². The van der Waals surface area contributed by atoms with Crippen LogP contribution in [0.2, 0.25) is 0 Å². The predicted octanol–water partition coefficient (Wildman–Crippen LogP) is 4.15. The Morgan fingerprint density at radius 3 is 2.34 bits per heavy atom. The van der Waals surface area contributed by atoms with Gasteiger partial charge in [-0.1, -0.05) is 19.1 Å². The van der Waals surface area contributed by atoms with Crippen molar-refractivity contribution in [3.05, 3.63) is 59.7 Å². The van der Waals surface area contributed by atoms with E-state index in [4.69, 9.17) is 4.74 Å². The maximum absolute atomic E-state index is 12.4. The van der Waals surface area contributed by atoms with Crippen LogP contribution in [-0.2, 0) is 14.3 Å². The molecule has 2 aromatic carbocycles. The summed E-state index contributed by atoms with van der Waals surface area (Å²) in [5, 5.41) is 2.74. The molecule has 0 fully saturated rings. The Hall–Kier alpha value is -2.93. The van der Waals surface area contributed by atoms with E-state index in [1.807, 2.05) is 6.92 Å². The molecule has 0 spiro atoms. The van der Waals surface area contributed by atoms with Crippen LogP contribution < -0.4 is 5.32 Å². The van der Waals surface area contributed by atoms with Crippen LogP contribution in [-0.4, -0.2) is 35.8 Å². The van der Waals surface area contributed by atoms with E-state index in [-0.39, 0.29) is 23.2 Å². The molecule has 2 rings (SSSR count). The van der Waals surface area contributed by atoms with E-state index in [1.54, 1.807) is 48.5 Å². The van der Waals surface area contributed by atoms with Crippen LogP contribution in [0.4, 0.5) is 5.69 Å². The Kier molecular flexibility index (Phi) is 8.61. The minimum absolute atomic E-state index is 0.00248. The second-order valence-electron chi connectivity index (χ2n) is 6.36. The zero-order valence-corrected chi connectivity index (χ0v) is 17.2. The molecular weight excluding hydrogens is 390 g/mol. The molecule has 2 aromatic rings. The second-order valence-corrected chi connectivity index (χ2v) is 7.38. The average Bonchev–Trinajstić information content (AvgIpc) is 2.71. The molecule has 7 heteroatoms. The normalized spacial score (nSPS) is 10.3. The molecular formula is C22H23NO5S. The molecule has 29 heavy (non-hydrogen) atoms. The summed E-state index contributed by atoms with van der Waals surface area (Å²) in [6.45, 7) is 3.00. The molecule has 0 unspecified atom stereocenters. The van der Waals surface area contributed by atoms with Gasteiger partial charge in [-0.25, -0.2) is 4.79 Å². The topological polar surface area (TPSA) is 89.5 Å². The van der Waals surface area contributed by atoms with E-state index in [2.05, 4.69) is 5.32 Å². The van der Waals surface area contributed by atoms with Crippen LogP contribution in [0.25, 0.3) is 0 Å². The van der Waals surface area contributed by atoms with Crippen LogP contribution >= 0.6 is 11.8 Å². The van der Waals surface area contributed by atoms with Gasteiger partial charge in [-0.05, 0) is 49.7 Å². The number of thioether (sulfide) groups is 1. The number of hydrogen-bond donors (Lipinski definition) is 1. The van der Waals surface area contributed by atoms with Gasteiger partial charge in [0, 0.05) is 22.6 Å². The summed E-state index contributed by atoms with van der Waals surface area (Å²) in [4.78, 5) is 48.1. The largest absolute Gasteiger partial charge is 0.454 e. The van der Waals surface area contributed by atoms with Crippen molar-refractivity contribution in [2.45, 2.75) is 31.6 Å². The fraction of sp³-hybridized carbons (Fsp3) is 0.273. The molecule has 1 amide bonds. The Bertz CT molecular complexity index is 892. The highest BCUT2D eigenvalue weighted by molar-refractivity contribution is 8.00. The molecule has 0 aromatic heterocycles. The zero-order chi connectivity index (χ0) is 21.2. The number of ether oxygens (including phenoxy) is 1. The lowest BCUT2D eigenvalue weighted by molar-refractivity contribution is -0.116. The Labute approximate surface area is 174 Å². The van der Waals surface area contributed by atoms with Crippen molar-refractivity contribution >= 4 is 40.9 Å². The zero-order valence-electron chi connectivity index (χ0n) is 16.4. The quantitative estimate of drug-likeness (QED) is 0.358. The lowest BCUT2D eigenvalue weighted by Gasteiger charge is -2.09. The predicted molar refractivity (Wildman–Crippen MR) is 112 cm³/mol. The van der Waals surface area contributed by atoms with Crippen molar-refractivity contribution in [3.63, 3.8) is 0 Å². The highest BCUT2D eigenvalue weighted by Crippen LogP contribution is 2.23. The maximum atomic E-state index is 12.4. The van der Waals surface area contributed by atoms with E-state index in [0.717, 1.165) is 6.42 Å². The number of rotatable bonds is 10. The Morgan fingerprint density at radius 2 is 1.69 bits per heavy atom. The van der Waals surface area contributed by atoms with Gasteiger partial charge in [-0.2, -0.15) is 0 Å². The third kappa shape index (κ3) is 7.19. The molecule has 0 saturated heterocycles. The molecule has 6 nitrogen and oxygen atoms in total. The first-order valence-corrected chi connectivity index (χ1v) is 10.2. The van der Waals surface area contributed by atoms with Gasteiger partial charge >= 0.3 is 5.97 Å². The minimum Gasteiger partial charge on any atom is -0.454 e. The first kappa shape index (κ1) is 22.4. The third-order valence-corrected chi connectivity index (χ3v) is 5.06. The number of ketones is 2. The summed E-state index contributed by atoms with van der Waals surface area (Å²) in [5.74, 6) is -0.790. The number of hydrogen-bond acceptors (Lipinski definition) is 6. The molecule has 0 aliphatic carbocycles. The van der Waals surface area contributed by atoms with Crippen molar-refractivity contribution in [1.29, 1.82) is 0 Å². The molecule has 0 atom stereocenters. The fourth-order valence-electron chi connectivity index (χ4n) is 2.42. The molecule has 0 heterocycles. The number of benzene rings is 2. The van der Waals surface area contributed by atoms with Crippen molar-refractivity contribution in [3.8, 4) is 0 Å². The van der Waals surface area contributed by atoms with Crippen molar-refractivity contribution in [2.75, 3.05) is 17.7 Å². The summed E-state index contributed by atoms with van der Waals surface area (Å²) in [5.41, 5.74) is 1.31. The number of amides is 1.